The van der Waals surface area contributed by atoms with Crippen molar-refractivity contribution >= 4 is 33.2 Å². The van der Waals surface area contributed by atoms with E-state index < -0.39 is 33.6 Å². The van der Waals surface area contributed by atoms with Gasteiger partial charge in [0.25, 0.3) is 0 Å². The minimum Gasteiger partial charge on any atom is -0.325 e. The zero-order chi connectivity index (χ0) is 18.9. The molecule has 9 heteroatoms. The third-order valence-electron chi connectivity index (χ3n) is 4.11. The summed E-state index contributed by atoms with van der Waals surface area (Å²) < 4.78 is 53.0. The van der Waals surface area contributed by atoms with E-state index in [9.17, 15) is 22.0 Å². The maximum Gasteiger partial charge on any atom is 0.243 e. The highest BCUT2D eigenvalue weighted by Crippen LogP contribution is 2.28. The molecule has 5 nitrogen and oxygen atoms in total. The van der Waals surface area contributed by atoms with Gasteiger partial charge in [0.15, 0.2) is 11.6 Å². The quantitative estimate of drug-likeness (QED) is 0.855. The van der Waals surface area contributed by atoms with Gasteiger partial charge in [-0.3, -0.25) is 4.79 Å². The van der Waals surface area contributed by atoms with Gasteiger partial charge >= 0.3 is 0 Å². The third-order valence-corrected chi connectivity index (χ3v) is 6.29. The van der Waals surface area contributed by atoms with E-state index in [-0.39, 0.29) is 17.1 Å². The van der Waals surface area contributed by atoms with Crippen molar-refractivity contribution in [2.24, 2.45) is 0 Å². The lowest BCUT2D eigenvalue weighted by Gasteiger charge is -2.23. The van der Waals surface area contributed by atoms with E-state index in [0.29, 0.717) is 17.9 Å². The van der Waals surface area contributed by atoms with Crippen molar-refractivity contribution in [2.45, 2.75) is 23.8 Å². The Morgan fingerprint density at radius 1 is 1.12 bits per heavy atom. The summed E-state index contributed by atoms with van der Waals surface area (Å²) in [6.07, 6.45) is 0.852. The predicted octanol–water partition coefficient (Wildman–Crippen LogP) is 3.41. The van der Waals surface area contributed by atoms with E-state index in [4.69, 9.17) is 11.6 Å². The van der Waals surface area contributed by atoms with Gasteiger partial charge < -0.3 is 5.32 Å². The Bertz CT molecular complexity index is 936. The van der Waals surface area contributed by atoms with E-state index >= 15 is 0 Å². The van der Waals surface area contributed by atoms with E-state index in [1.165, 1.54) is 30.3 Å². The van der Waals surface area contributed by atoms with Gasteiger partial charge in [-0.05, 0) is 49.2 Å². The molecule has 1 aliphatic heterocycles. The van der Waals surface area contributed by atoms with Crippen LogP contribution in [0.25, 0.3) is 0 Å². The fourth-order valence-electron chi connectivity index (χ4n) is 2.83. The SMILES string of the molecule is O=C(Nc1ccc(F)c(F)c1)[C@H]1CCCN1S(=O)(=O)c1ccc(Cl)cc1. The molecule has 0 aliphatic carbocycles. The second-order valence-corrected chi connectivity index (χ2v) is 8.17. The van der Waals surface area contributed by atoms with Crippen molar-refractivity contribution in [3.8, 4) is 0 Å². The van der Waals surface area contributed by atoms with Gasteiger partial charge in [-0.1, -0.05) is 11.6 Å². The van der Waals surface area contributed by atoms with Gasteiger partial charge in [0, 0.05) is 23.3 Å². The molecule has 1 fully saturated rings. The Balaban J connectivity index is 1.81. The molecule has 0 spiro atoms. The van der Waals surface area contributed by atoms with Crippen LogP contribution >= 0.6 is 11.6 Å². The monoisotopic (exact) mass is 400 g/mol. The van der Waals surface area contributed by atoms with E-state index in [1.807, 2.05) is 0 Å². The first-order valence-corrected chi connectivity index (χ1v) is 9.64. The van der Waals surface area contributed by atoms with Gasteiger partial charge in [0.05, 0.1) is 4.90 Å². The molecule has 3 rings (SSSR count). The summed E-state index contributed by atoms with van der Waals surface area (Å²) >= 11 is 5.78. The topological polar surface area (TPSA) is 66.5 Å². The highest BCUT2D eigenvalue weighted by Gasteiger charge is 2.39. The highest BCUT2D eigenvalue weighted by atomic mass is 35.5. The number of nitrogens with zero attached hydrogens (tertiary/aromatic N) is 1. The van der Waals surface area contributed by atoms with Crippen LogP contribution in [0.15, 0.2) is 47.4 Å². The summed E-state index contributed by atoms with van der Waals surface area (Å²) in [5.74, 6) is -2.72. The lowest BCUT2D eigenvalue weighted by Crippen LogP contribution is -2.43. The number of anilines is 1. The lowest BCUT2D eigenvalue weighted by atomic mass is 10.2. The van der Waals surface area contributed by atoms with Crippen LogP contribution in [0, 0.1) is 11.6 Å². The number of amides is 1. The number of benzene rings is 2. The van der Waals surface area contributed by atoms with E-state index in [1.54, 1.807) is 0 Å². The van der Waals surface area contributed by atoms with Crippen LogP contribution < -0.4 is 5.32 Å². The molecule has 138 valence electrons. The Morgan fingerprint density at radius 3 is 2.46 bits per heavy atom. The van der Waals surface area contributed by atoms with E-state index in [0.717, 1.165) is 16.4 Å². The molecule has 1 aliphatic rings. The average molecular weight is 401 g/mol. The third kappa shape index (κ3) is 3.72. The number of hydrogen-bond acceptors (Lipinski definition) is 3. The molecule has 1 N–H and O–H groups in total. The van der Waals surface area contributed by atoms with Crippen LogP contribution in [0.1, 0.15) is 12.8 Å². The molecule has 0 unspecified atom stereocenters. The van der Waals surface area contributed by atoms with Crippen molar-refractivity contribution < 1.29 is 22.0 Å². The number of sulfonamides is 1. The van der Waals surface area contributed by atoms with Crippen LogP contribution in [0.3, 0.4) is 0 Å². The summed E-state index contributed by atoms with van der Waals surface area (Å²) in [6.45, 7) is 0.195. The van der Waals surface area contributed by atoms with Crippen LogP contribution in [-0.2, 0) is 14.8 Å². The summed E-state index contributed by atoms with van der Waals surface area (Å²) in [6, 6.07) is 7.69. The Labute approximate surface area is 154 Å². The molecule has 1 atom stereocenters. The molecular formula is C17H15ClF2N2O3S. The molecule has 1 saturated heterocycles. The Morgan fingerprint density at radius 2 is 1.81 bits per heavy atom. The number of carbonyl (C=O) groups excluding carboxylic acids is 1. The first kappa shape index (κ1) is 18.8. The molecule has 0 bridgehead atoms. The van der Waals surface area contributed by atoms with Crippen LogP contribution in [0.2, 0.25) is 5.02 Å². The van der Waals surface area contributed by atoms with Crippen LogP contribution in [0.4, 0.5) is 14.5 Å². The van der Waals surface area contributed by atoms with Crippen LogP contribution in [-0.4, -0.2) is 31.2 Å². The Hall–Kier alpha value is -2.03. The maximum absolute atomic E-state index is 13.3. The second kappa shape index (κ2) is 7.30. The fraction of sp³-hybridized carbons (Fsp3) is 0.235. The number of nitrogens with one attached hydrogen (secondary N) is 1. The van der Waals surface area contributed by atoms with Gasteiger partial charge in [-0.2, -0.15) is 4.31 Å². The lowest BCUT2D eigenvalue weighted by molar-refractivity contribution is -0.119. The van der Waals surface area contributed by atoms with E-state index in [2.05, 4.69) is 5.32 Å². The summed E-state index contributed by atoms with van der Waals surface area (Å²) in [5.41, 5.74) is 0.0599. The highest BCUT2D eigenvalue weighted by molar-refractivity contribution is 7.89. The van der Waals surface area contributed by atoms with Crippen molar-refractivity contribution in [2.75, 3.05) is 11.9 Å². The second-order valence-electron chi connectivity index (χ2n) is 5.85. The van der Waals surface area contributed by atoms with Gasteiger partial charge in [-0.15, -0.1) is 0 Å². The molecular weight excluding hydrogens is 386 g/mol. The van der Waals surface area contributed by atoms with Gasteiger partial charge in [-0.25, -0.2) is 17.2 Å². The zero-order valence-corrected chi connectivity index (χ0v) is 15.0. The number of hydrogen-bond donors (Lipinski definition) is 1. The first-order valence-electron chi connectivity index (χ1n) is 7.82. The Kier molecular flexibility index (Phi) is 5.27. The largest absolute Gasteiger partial charge is 0.325 e. The minimum absolute atomic E-state index is 0.0365. The number of carbonyl (C=O) groups is 1. The minimum atomic E-state index is -3.88. The van der Waals surface area contributed by atoms with Crippen molar-refractivity contribution in [1.29, 1.82) is 0 Å². The predicted molar refractivity (Wildman–Crippen MR) is 93.4 cm³/mol. The van der Waals surface area contributed by atoms with Crippen LogP contribution in [0.5, 0.6) is 0 Å². The normalized spacial score (nSPS) is 18.0. The molecule has 0 aromatic heterocycles. The number of rotatable bonds is 4. The summed E-state index contributed by atoms with van der Waals surface area (Å²) in [4.78, 5) is 12.5. The molecule has 2 aromatic carbocycles. The van der Waals surface area contributed by atoms with Gasteiger partial charge in [0.1, 0.15) is 6.04 Å². The molecule has 26 heavy (non-hydrogen) atoms. The fourth-order valence-corrected chi connectivity index (χ4v) is 4.61. The van der Waals surface area contributed by atoms with Gasteiger partial charge in [0.2, 0.25) is 15.9 Å². The first-order chi connectivity index (χ1) is 12.3. The van der Waals surface area contributed by atoms with Crippen molar-refractivity contribution in [3.05, 3.63) is 59.1 Å². The standard InChI is InChI=1S/C17H15ClF2N2O3S/c18-11-3-6-13(7-4-11)26(24,25)22-9-1-2-16(22)17(23)21-12-5-8-14(19)15(20)10-12/h3-8,10,16H,1-2,9H2,(H,21,23)/t16-/m1/s1. The average Bonchev–Trinajstić information content (AvgIpc) is 3.09. The van der Waals surface area contributed by atoms with Crippen molar-refractivity contribution in [1.82, 2.24) is 4.31 Å². The molecule has 0 saturated carbocycles. The summed E-state index contributed by atoms with van der Waals surface area (Å²) in [7, 11) is -3.88. The maximum atomic E-state index is 13.3. The zero-order valence-electron chi connectivity index (χ0n) is 13.5. The summed E-state index contributed by atoms with van der Waals surface area (Å²) in [5, 5.41) is 2.84. The molecule has 2 aromatic rings. The number of halogens is 3. The smallest absolute Gasteiger partial charge is 0.243 e. The van der Waals surface area contributed by atoms with Crippen molar-refractivity contribution in [3.63, 3.8) is 0 Å². The molecule has 1 heterocycles. The molecule has 1 amide bonds. The molecule has 0 radical (unpaired) electrons.